The van der Waals surface area contributed by atoms with Gasteiger partial charge in [-0.05, 0) is 5.56 Å². The molecule has 12 heavy (non-hydrogen) atoms. The molecular formula is C11H15N. The third kappa shape index (κ3) is 5.25. The lowest BCUT2D eigenvalue weighted by Crippen LogP contribution is -1.76. The molecule has 0 heterocycles. The van der Waals surface area contributed by atoms with E-state index < -0.39 is 0 Å². The molecule has 0 saturated carbocycles. The fraction of sp³-hybridized carbons (Fsp3) is 0.182. The van der Waals surface area contributed by atoms with Crippen molar-refractivity contribution >= 4 is 0 Å². The zero-order chi connectivity index (χ0) is 8.53. The maximum Gasteiger partial charge on any atom is 0.0669 e. The summed E-state index contributed by atoms with van der Waals surface area (Å²) in [5.41, 5.74) is 1.08. The summed E-state index contributed by atoms with van der Waals surface area (Å²) >= 11 is 0. The summed E-state index contributed by atoms with van der Waals surface area (Å²) in [4.78, 5) is 0. The second kappa shape index (κ2) is 9.45. The lowest BCUT2D eigenvalue weighted by atomic mass is 10.2. The Morgan fingerprint density at radius 1 is 1.17 bits per heavy atom. The zero-order valence-corrected chi connectivity index (χ0v) is 6.46. The zero-order valence-electron chi connectivity index (χ0n) is 6.46. The monoisotopic (exact) mass is 161 g/mol. The van der Waals surface area contributed by atoms with Gasteiger partial charge in [-0.25, -0.2) is 0 Å². The predicted octanol–water partition coefficient (Wildman–Crippen LogP) is 3.19. The Balaban J connectivity index is 0. The van der Waals surface area contributed by atoms with Crippen LogP contribution in [-0.2, 0) is 6.42 Å². The van der Waals surface area contributed by atoms with E-state index in [4.69, 9.17) is 5.26 Å². The topological polar surface area (TPSA) is 23.8 Å². The Morgan fingerprint density at radius 2 is 1.67 bits per heavy atom. The molecule has 0 fully saturated rings. The first-order chi connectivity index (χ1) is 5.43. The SMILES string of the molecule is C.C=C.N#CCc1ccccc1. The van der Waals surface area contributed by atoms with Crippen molar-refractivity contribution in [2.24, 2.45) is 0 Å². The van der Waals surface area contributed by atoms with Crippen LogP contribution in [0.1, 0.15) is 13.0 Å². The maximum atomic E-state index is 8.27. The number of hydrogen-bond donors (Lipinski definition) is 0. The van der Waals surface area contributed by atoms with Crippen LogP contribution in [0.4, 0.5) is 0 Å². The molecule has 1 nitrogen and oxygen atoms in total. The van der Waals surface area contributed by atoms with E-state index in [-0.39, 0.29) is 7.43 Å². The van der Waals surface area contributed by atoms with Crippen molar-refractivity contribution in [1.29, 1.82) is 5.26 Å². The molecule has 1 aromatic carbocycles. The lowest BCUT2D eigenvalue weighted by Gasteiger charge is -1.88. The molecule has 0 bridgehead atoms. The highest BCUT2D eigenvalue weighted by molar-refractivity contribution is 5.17. The van der Waals surface area contributed by atoms with Gasteiger partial charge in [0.05, 0.1) is 12.5 Å². The molecule has 0 radical (unpaired) electrons. The van der Waals surface area contributed by atoms with Crippen LogP contribution in [0.2, 0.25) is 0 Å². The number of hydrogen-bond acceptors (Lipinski definition) is 1. The summed E-state index contributed by atoms with van der Waals surface area (Å²) in [6, 6.07) is 11.8. The molecule has 0 aromatic heterocycles. The first kappa shape index (κ1) is 13.1. The summed E-state index contributed by atoms with van der Waals surface area (Å²) in [5, 5.41) is 8.27. The summed E-state index contributed by atoms with van der Waals surface area (Å²) in [5.74, 6) is 0. The van der Waals surface area contributed by atoms with Gasteiger partial charge in [0, 0.05) is 0 Å². The average molecular weight is 161 g/mol. The Kier molecular flexibility index (Phi) is 10.3. The van der Waals surface area contributed by atoms with E-state index in [9.17, 15) is 0 Å². The van der Waals surface area contributed by atoms with Gasteiger partial charge in [0.1, 0.15) is 0 Å². The van der Waals surface area contributed by atoms with E-state index >= 15 is 0 Å². The minimum atomic E-state index is 0. The average Bonchev–Trinajstić information content (AvgIpc) is 2.11. The van der Waals surface area contributed by atoms with E-state index in [2.05, 4.69) is 19.2 Å². The van der Waals surface area contributed by atoms with Crippen LogP contribution in [0.25, 0.3) is 0 Å². The second-order valence-electron chi connectivity index (χ2n) is 1.82. The fourth-order valence-corrected chi connectivity index (χ4v) is 0.687. The fourth-order valence-electron chi connectivity index (χ4n) is 0.687. The molecule has 1 rings (SSSR count). The first-order valence-electron chi connectivity index (χ1n) is 3.34. The minimum absolute atomic E-state index is 0. The molecule has 0 N–H and O–H groups in total. The summed E-state index contributed by atoms with van der Waals surface area (Å²) in [7, 11) is 0. The Hall–Kier alpha value is -1.55. The quantitative estimate of drug-likeness (QED) is 0.580. The molecule has 0 unspecified atom stereocenters. The third-order valence-electron chi connectivity index (χ3n) is 1.13. The number of nitriles is 1. The van der Waals surface area contributed by atoms with Gasteiger partial charge in [-0.1, -0.05) is 37.8 Å². The Bertz CT molecular complexity index is 221. The highest BCUT2D eigenvalue weighted by Gasteiger charge is 1.84. The molecule has 1 heteroatoms. The molecule has 0 atom stereocenters. The largest absolute Gasteiger partial charge is 0.198 e. The van der Waals surface area contributed by atoms with Crippen molar-refractivity contribution < 1.29 is 0 Å². The Morgan fingerprint density at radius 3 is 2.08 bits per heavy atom. The van der Waals surface area contributed by atoms with Crippen molar-refractivity contribution in [2.75, 3.05) is 0 Å². The van der Waals surface area contributed by atoms with Crippen LogP contribution in [0.3, 0.4) is 0 Å². The lowest BCUT2D eigenvalue weighted by molar-refractivity contribution is 1.26. The van der Waals surface area contributed by atoms with Gasteiger partial charge in [0.2, 0.25) is 0 Å². The van der Waals surface area contributed by atoms with Gasteiger partial charge in [-0.15, -0.1) is 13.2 Å². The highest BCUT2D eigenvalue weighted by Crippen LogP contribution is 1.96. The van der Waals surface area contributed by atoms with E-state index in [1.165, 1.54) is 0 Å². The van der Waals surface area contributed by atoms with Gasteiger partial charge in [-0.3, -0.25) is 0 Å². The minimum Gasteiger partial charge on any atom is -0.198 e. The summed E-state index contributed by atoms with van der Waals surface area (Å²) in [6.45, 7) is 6.00. The van der Waals surface area contributed by atoms with E-state index in [1.54, 1.807) is 0 Å². The van der Waals surface area contributed by atoms with E-state index in [0.29, 0.717) is 6.42 Å². The van der Waals surface area contributed by atoms with Crippen molar-refractivity contribution in [2.45, 2.75) is 13.8 Å². The highest BCUT2D eigenvalue weighted by atomic mass is 14.2. The molecule has 1 aromatic rings. The molecule has 0 aliphatic rings. The van der Waals surface area contributed by atoms with Gasteiger partial charge in [0.25, 0.3) is 0 Å². The standard InChI is InChI=1S/C8H7N.C2H4.CH4/c9-7-6-8-4-2-1-3-5-8;1-2;/h1-5H,6H2;1-2H2;1H4. The third-order valence-corrected chi connectivity index (χ3v) is 1.13. The number of nitrogens with zero attached hydrogens (tertiary/aromatic N) is 1. The van der Waals surface area contributed by atoms with Crippen molar-refractivity contribution in [3.05, 3.63) is 49.1 Å². The second-order valence-corrected chi connectivity index (χ2v) is 1.82. The Labute approximate surface area is 75.0 Å². The van der Waals surface area contributed by atoms with Crippen molar-refractivity contribution in [3.63, 3.8) is 0 Å². The molecule has 0 aliphatic carbocycles. The molecule has 0 aliphatic heterocycles. The van der Waals surface area contributed by atoms with Crippen LogP contribution in [0, 0.1) is 11.3 Å². The van der Waals surface area contributed by atoms with Crippen LogP contribution >= 0.6 is 0 Å². The summed E-state index contributed by atoms with van der Waals surface area (Å²) in [6.07, 6.45) is 0.515. The molecule has 64 valence electrons. The van der Waals surface area contributed by atoms with Crippen molar-refractivity contribution in [3.8, 4) is 6.07 Å². The number of benzene rings is 1. The van der Waals surface area contributed by atoms with E-state index in [1.807, 2.05) is 30.3 Å². The van der Waals surface area contributed by atoms with Crippen LogP contribution in [0.5, 0.6) is 0 Å². The van der Waals surface area contributed by atoms with Crippen LogP contribution in [0.15, 0.2) is 43.5 Å². The molecule has 0 saturated heterocycles. The van der Waals surface area contributed by atoms with Gasteiger partial charge in [-0.2, -0.15) is 5.26 Å². The van der Waals surface area contributed by atoms with E-state index in [0.717, 1.165) is 5.56 Å². The van der Waals surface area contributed by atoms with Gasteiger partial charge < -0.3 is 0 Å². The van der Waals surface area contributed by atoms with Crippen LogP contribution < -0.4 is 0 Å². The maximum absolute atomic E-state index is 8.27. The van der Waals surface area contributed by atoms with Gasteiger partial charge >= 0.3 is 0 Å². The van der Waals surface area contributed by atoms with Crippen molar-refractivity contribution in [1.82, 2.24) is 0 Å². The molecule has 0 spiro atoms. The molecular weight excluding hydrogens is 146 g/mol. The van der Waals surface area contributed by atoms with Crippen LogP contribution in [-0.4, -0.2) is 0 Å². The molecule has 0 amide bonds. The smallest absolute Gasteiger partial charge is 0.0669 e. The predicted molar refractivity (Wildman–Crippen MR) is 53.7 cm³/mol. The first-order valence-corrected chi connectivity index (χ1v) is 3.34. The van der Waals surface area contributed by atoms with Gasteiger partial charge in [0.15, 0.2) is 0 Å². The number of rotatable bonds is 1. The summed E-state index contributed by atoms with van der Waals surface area (Å²) < 4.78 is 0. The normalized spacial score (nSPS) is 6.58.